The molecule has 3 unspecified atom stereocenters. The number of likely N-dealkylation sites (tertiary alicyclic amines) is 1. The first-order valence-corrected chi connectivity index (χ1v) is 6.79. The molecule has 0 radical (unpaired) electrons. The molecule has 0 spiro atoms. The lowest BCUT2D eigenvalue weighted by atomic mass is 9.73. The van der Waals surface area contributed by atoms with Gasteiger partial charge in [0.2, 0.25) is 0 Å². The van der Waals surface area contributed by atoms with Gasteiger partial charge in [0.15, 0.2) is 6.19 Å². The molecular weight excluding hydrogens is 244 g/mol. The molecule has 0 bridgehead atoms. The summed E-state index contributed by atoms with van der Waals surface area (Å²) < 4.78 is 0. The van der Waals surface area contributed by atoms with E-state index >= 15 is 0 Å². The van der Waals surface area contributed by atoms with Gasteiger partial charge in [-0.1, -0.05) is 12.2 Å². The molecule has 1 fully saturated rings. The van der Waals surface area contributed by atoms with Crippen molar-refractivity contribution in [2.75, 3.05) is 6.61 Å². The van der Waals surface area contributed by atoms with Gasteiger partial charge in [0.05, 0.1) is 0 Å². The Hall–Kier alpha value is -1.54. The van der Waals surface area contributed by atoms with Gasteiger partial charge in [-0.3, -0.25) is 4.90 Å². The van der Waals surface area contributed by atoms with E-state index in [0.29, 0.717) is 12.8 Å². The molecule has 2 N–H and O–H groups in total. The van der Waals surface area contributed by atoms with Crippen LogP contribution in [0.25, 0.3) is 0 Å². The predicted octanol–water partition coefficient (Wildman–Crippen LogP) is 1.49. The Bertz CT molecular complexity index is 415. The Morgan fingerprint density at radius 1 is 1.47 bits per heavy atom. The van der Waals surface area contributed by atoms with E-state index in [4.69, 9.17) is 5.11 Å². The molecule has 1 aliphatic heterocycles. The van der Waals surface area contributed by atoms with Crippen molar-refractivity contribution in [3.05, 3.63) is 12.2 Å². The number of carboxylic acid groups (broad SMARTS) is 1. The zero-order valence-electron chi connectivity index (χ0n) is 11.0. The Labute approximate surface area is 113 Å². The van der Waals surface area contributed by atoms with Crippen molar-refractivity contribution in [1.82, 2.24) is 4.90 Å². The van der Waals surface area contributed by atoms with E-state index in [0.717, 1.165) is 25.7 Å². The number of carboxylic acids is 1. The fourth-order valence-electron chi connectivity index (χ4n) is 3.31. The van der Waals surface area contributed by atoms with Gasteiger partial charge in [-0.05, 0) is 43.9 Å². The predicted molar refractivity (Wildman–Crippen MR) is 69.0 cm³/mol. The third kappa shape index (κ3) is 2.74. The van der Waals surface area contributed by atoms with E-state index in [-0.39, 0.29) is 18.1 Å². The Kier molecular flexibility index (Phi) is 4.11. The van der Waals surface area contributed by atoms with Crippen LogP contribution in [0.5, 0.6) is 0 Å². The summed E-state index contributed by atoms with van der Waals surface area (Å²) in [7, 11) is 0. The fraction of sp³-hybridized carbons (Fsp3) is 0.714. The van der Waals surface area contributed by atoms with Gasteiger partial charge >= 0.3 is 5.97 Å². The molecule has 5 nitrogen and oxygen atoms in total. The quantitative estimate of drug-likeness (QED) is 0.593. The van der Waals surface area contributed by atoms with Crippen molar-refractivity contribution in [3.63, 3.8) is 0 Å². The van der Waals surface area contributed by atoms with E-state index in [9.17, 15) is 15.2 Å². The SMILES string of the molecule is N#CN1C(CC2(CO)CC=CCC2)CCC1C(=O)O. The summed E-state index contributed by atoms with van der Waals surface area (Å²) in [5, 5.41) is 28.0. The Morgan fingerprint density at radius 2 is 2.26 bits per heavy atom. The van der Waals surface area contributed by atoms with Crippen LogP contribution in [0.15, 0.2) is 12.2 Å². The monoisotopic (exact) mass is 264 g/mol. The second-order valence-corrected chi connectivity index (χ2v) is 5.67. The second kappa shape index (κ2) is 5.62. The van der Waals surface area contributed by atoms with Gasteiger partial charge in [0.25, 0.3) is 0 Å². The lowest BCUT2D eigenvalue weighted by Gasteiger charge is -2.37. The molecule has 5 heteroatoms. The van der Waals surface area contributed by atoms with Crippen molar-refractivity contribution in [2.24, 2.45) is 5.41 Å². The molecule has 1 heterocycles. The largest absolute Gasteiger partial charge is 0.480 e. The van der Waals surface area contributed by atoms with Crippen LogP contribution in [0.1, 0.15) is 38.5 Å². The number of nitrogens with zero attached hydrogens (tertiary/aromatic N) is 2. The summed E-state index contributed by atoms with van der Waals surface area (Å²) in [5.74, 6) is -0.925. The molecule has 1 saturated heterocycles. The zero-order valence-corrected chi connectivity index (χ0v) is 11.0. The standard InChI is InChI=1S/C14H20N2O3/c15-10-16-11(4-5-12(16)13(18)19)8-14(9-17)6-2-1-3-7-14/h1-2,11-12,17H,3-9H2,(H,18,19). The van der Waals surface area contributed by atoms with Crippen molar-refractivity contribution in [3.8, 4) is 6.19 Å². The summed E-state index contributed by atoms with van der Waals surface area (Å²) in [6.07, 6.45) is 10.8. The highest BCUT2D eigenvalue weighted by Crippen LogP contribution is 2.40. The van der Waals surface area contributed by atoms with E-state index < -0.39 is 12.0 Å². The van der Waals surface area contributed by atoms with E-state index in [1.54, 1.807) is 0 Å². The Morgan fingerprint density at radius 3 is 2.79 bits per heavy atom. The molecule has 0 aromatic carbocycles. The van der Waals surface area contributed by atoms with Crippen LogP contribution in [0.4, 0.5) is 0 Å². The van der Waals surface area contributed by atoms with E-state index in [1.165, 1.54) is 4.90 Å². The van der Waals surface area contributed by atoms with Crippen LogP contribution in [-0.4, -0.2) is 39.8 Å². The molecule has 2 aliphatic rings. The number of carbonyl (C=O) groups is 1. The second-order valence-electron chi connectivity index (χ2n) is 5.67. The molecule has 2 rings (SSSR count). The summed E-state index contributed by atoms with van der Waals surface area (Å²) >= 11 is 0. The first kappa shape index (κ1) is 13.9. The highest BCUT2D eigenvalue weighted by molar-refractivity contribution is 5.74. The minimum absolute atomic E-state index is 0.0512. The fourth-order valence-corrected chi connectivity index (χ4v) is 3.31. The van der Waals surface area contributed by atoms with Crippen molar-refractivity contribution in [1.29, 1.82) is 5.26 Å². The first-order chi connectivity index (χ1) is 9.12. The van der Waals surface area contributed by atoms with Gasteiger partial charge in [0, 0.05) is 12.6 Å². The van der Waals surface area contributed by atoms with Gasteiger partial charge < -0.3 is 10.2 Å². The molecule has 0 aromatic heterocycles. The highest BCUT2D eigenvalue weighted by Gasteiger charge is 2.42. The molecular formula is C14H20N2O3. The maximum Gasteiger partial charge on any atom is 0.327 e. The smallest absolute Gasteiger partial charge is 0.327 e. The minimum atomic E-state index is -0.925. The van der Waals surface area contributed by atoms with Crippen molar-refractivity contribution < 1.29 is 15.0 Å². The summed E-state index contributed by atoms with van der Waals surface area (Å²) in [4.78, 5) is 12.5. The molecule has 0 amide bonds. The van der Waals surface area contributed by atoms with Crippen LogP contribution in [0.3, 0.4) is 0 Å². The number of hydrogen-bond acceptors (Lipinski definition) is 4. The van der Waals surface area contributed by atoms with Crippen molar-refractivity contribution >= 4 is 5.97 Å². The molecule has 104 valence electrons. The van der Waals surface area contributed by atoms with Crippen LogP contribution < -0.4 is 0 Å². The maximum absolute atomic E-state index is 11.1. The topological polar surface area (TPSA) is 84.6 Å². The van der Waals surface area contributed by atoms with E-state index in [2.05, 4.69) is 12.2 Å². The number of allylic oxidation sites excluding steroid dienone is 2. The third-order valence-corrected chi connectivity index (χ3v) is 4.47. The summed E-state index contributed by atoms with van der Waals surface area (Å²) in [6.45, 7) is 0.102. The summed E-state index contributed by atoms with van der Waals surface area (Å²) in [5.41, 5.74) is -0.179. The third-order valence-electron chi connectivity index (χ3n) is 4.47. The minimum Gasteiger partial charge on any atom is -0.480 e. The molecule has 1 aliphatic carbocycles. The number of rotatable bonds is 4. The van der Waals surface area contributed by atoms with E-state index in [1.807, 2.05) is 6.19 Å². The first-order valence-electron chi connectivity index (χ1n) is 6.79. The lowest BCUT2D eigenvalue weighted by molar-refractivity contribution is -0.141. The van der Waals surface area contributed by atoms with Crippen LogP contribution in [0.2, 0.25) is 0 Å². The lowest BCUT2D eigenvalue weighted by Crippen LogP contribution is -2.41. The zero-order chi connectivity index (χ0) is 13.9. The van der Waals surface area contributed by atoms with Gasteiger partial charge in [0.1, 0.15) is 6.04 Å². The number of aliphatic hydroxyl groups excluding tert-OH is 1. The number of nitriles is 1. The maximum atomic E-state index is 11.1. The number of hydrogen-bond donors (Lipinski definition) is 2. The van der Waals surface area contributed by atoms with Crippen molar-refractivity contribution in [2.45, 2.75) is 50.6 Å². The number of aliphatic carboxylic acids is 1. The molecule has 0 aromatic rings. The van der Waals surface area contributed by atoms with Gasteiger partial charge in [-0.15, -0.1) is 0 Å². The number of aliphatic hydroxyl groups is 1. The normalized spacial score (nSPS) is 34.2. The average Bonchev–Trinajstić information content (AvgIpc) is 2.82. The molecule has 3 atom stereocenters. The highest BCUT2D eigenvalue weighted by atomic mass is 16.4. The molecule has 0 saturated carbocycles. The van der Waals surface area contributed by atoms with Crippen LogP contribution in [-0.2, 0) is 4.79 Å². The Balaban J connectivity index is 2.08. The van der Waals surface area contributed by atoms with Crippen LogP contribution >= 0.6 is 0 Å². The molecule has 19 heavy (non-hydrogen) atoms. The average molecular weight is 264 g/mol. The summed E-state index contributed by atoms with van der Waals surface area (Å²) in [6, 6.07) is -0.741. The van der Waals surface area contributed by atoms with Gasteiger partial charge in [-0.2, -0.15) is 5.26 Å². The van der Waals surface area contributed by atoms with Crippen LogP contribution in [0, 0.1) is 16.9 Å². The van der Waals surface area contributed by atoms with Gasteiger partial charge in [-0.25, -0.2) is 4.79 Å².